The van der Waals surface area contributed by atoms with E-state index in [-0.39, 0.29) is 22.6 Å². The second-order valence-electron chi connectivity index (χ2n) is 5.32. The van der Waals surface area contributed by atoms with Crippen molar-refractivity contribution in [3.8, 4) is 5.88 Å². The van der Waals surface area contributed by atoms with Crippen molar-refractivity contribution in [2.45, 2.75) is 38.6 Å². The van der Waals surface area contributed by atoms with Crippen LogP contribution in [0.1, 0.15) is 43.6 Å². The normalized spacial score (nSPS) is 10.3. The maximum atomic E-state index is 11.5. The Balaban J connectivity index is 0.000000515. The van der Waals surface area contributed by atoms with Crippen molar-refractivity contribution in [1.29, 1.82) is 0 Å². The first kappa shape index (κ1) is 21.7. The third kappa shape index (κ3) is 8.18. The summed E-state index contributed by atoms with van der Waals surface area (Å²) in [4.78, 5) is 25.6. The van der Waals surface area contributed by atoms with Gasteiger partial charge in [0.1, 0.15) is 16.3 Å². The van der Waals surface area contributed by atoms with E-state index in [1.54, 1.807) is 6.07 Å². The molecular formula is C15H21BrClNO5. The second kappa shape index (κ2) is 9.72. The van der Waals surface area contributed by atoms with Gasteiger partial charge in [-0.2, -0.15) is 0 Å². The van der Waals surface area contributed by atoms with Crippen molar-refractivity contribution in [1.82, 2.24) is 4.98 Å². The van der Waals surface area contributed by atoms with E-state index in [0.29, 0.717) is 16.5 Å². The van der Waals surface area contributed by atoms with Gasteiger partial charge in [-0.3, -0.25) is 4.79 Å². The molecule has 0 fully saturated rings. The molecular weight excluding hydrogens is 390 g/mol. The molecule has 0 aromatic carbocycles. The van der Waals surface area contributed by atoms with Gasteiger partial charge in [0.2, 0.25) is 5.88 Å². The molecule has 6 nitrogen and oxygen atoms in total. The number of rotatable bonds is 3. The number of alkyl halides is 1. The number of ether oxygens (including phenoxy) is 3. The number of hydrogen-bond acceptors (Lipinski definition) is 6. The molecule has 23 heavy (non-hydrogen) atoms. The van der Waals surface area contributed by atoms with Crippen LogP contribution in [0.5, 0.6) is 5.88 Å². The van der Waals surface area contributed by atoms with E-state index in [1.165, 1.54) is 21.1 Å². The van der Waals surface area contributed by atoms with Crippen LogP contribution in [0.25, 0.3) is 0 Å². The molecule has 0 aliphatic rings. The molecule has 0 aliphatic heterocycles. The lowest BCUT2D eigenvalue weighted by atomic mass is 10.1. The predicted molar refractivity (Wildman–Crippen MR) is 91.3 cm³/mol. The van der Waals surface area contributed by atoms with Crippen LogP contribution in [0.2, 0.25) is 5.15 Å². The van der Waals surface area contributed by atoms with Gasteiger partial charge < -0.3 is 14.2 Å². The molecule has 0 saturated carbocycles. The van der Waals surface area contributed by atoms with Gasteiger partial charge >= 0.3 is 11.9 Å². The number of carbonyl (C=O) groups is 2. The van der Waals surface area contributed by atoms with E-state index in [2.05, 4.69) is 25.7 Å². The lowest BCUT2D eigenvalue weighted by molar-refractivity contribution is -0.151. The van der Waals surface area contributed by atoms with E-state index >= 15 is 0 Å². The Hall–Kier alpha value is -1.34. The van der Waals surface area contributed by atoms with E-state index in [9.17, 15) is 9.59 Å². The molecule has 1 heterocycles. The fraction of sp³-hybridized carbons (Fsp3) is 0.533. The highest BCUT2D eigenvalue weighted by atomic mass is 79.9. The average molecular weight is 411 g/mol. The van der Waals surface area contributed by atoms with Gasteiger partial charge in [-0.1, -0.05) is 27.5 Å². The molecule has 1 aromatic rings. The molecule has 0 aliphatic carbocycles. The Morgan fingerprint density at radius 3 is 2.17 bits per heavy atom. The minimum absolute atomic E-state index is 0.170. The summed E-state index contributed by atoms with van der Waals surface area (Å²) in [6.45, 7) is 6.93. The van der Waals surface area contributed by atoms with Crippen LogP contribution in [0.15, 0.2) is 6.07 Å². The monoisotopic (exact) mass is 409 g/mol. The van der Waals surface area contributed by atoms with Crippen molar-refractivity contribution < 1.29 is 23.8 Å². The summed E-state index contributed by atoms with van der Waals surface area (Å²) < 4.78 is 14.4. The Kier molecular flexibility index (Phi) is 9.16. The van der Waals surface area contributed by atoms with Crippen LogP contribution in [-0.4, -0.2) is 36.7 Å². The third-order valence-electron chi connectivity index (χ3n) is 2.21. The highest BCUT2D eigenvalue weighted by Gasteiger charge is 2.19. The predicted octanol–water partition coefficient (Wildman–Crippen LogP) is 3.77. The molecule has 0 radical (unpaired) electrons. The summed E-state index contributed by atoms with van der Waals surface area (Å²) in [5, 5.41) is 0.740. The van der Waals surface area contributed by atoms with Gasteiger partial charge in [-0.25, -0.2) is 9.78 Å². The summed E-state index contributed by atoms with van der Waals surface area (Å²) in [6.07, 6.45) is 0. The number of halogens is 2. The molecule has 0 spiro atoms. The number of methoxy groups -OCH3 is 2. The van der Waals surface area contributed by atoms with Crippen molar-refractivity contribution in [3.63, 3.8) is 0 Å². The van der Waals surface area contributed by atoms with Crippen molar-refractivity contribution in [3.05, 3.63) is 22.3 Å². The van der Waals surface area contributed by atoms with Crippen LogP contribution in [0.4, 0.5) is 0 Å². The zero-order valence-corrected chi connectivity index (χ0v) is 16.4. The molecule has 8 heteroatoms. The summed E-state index contributed by atoms with van der Waals surface area (Å²) in [7, 11) is 2.72. The zero-order chi connectivity index (χ0) is 18.2. The second-order valence-corrected chi connectivity index (χ2v) is 6.27. The number of pyridine rings is 1. The van der Waals surface area contributed by atoms with Gasteiger partial charge in [0, 0.05) is 12.3 Å². The Morgan fingerprint density at radius 1 is 1.30 bits per heavy atom. The number of aromatic nitrogens is 1. The Labute approximate surface area is 149 Å². The van der Waals surface area contributed by atoms with Crippen LogP contribution >= 0.6 is 27.5 Å². The zero-order valence-electron chi connectivity index (χ0n) is 14.0. The highest BCUT2D eigenvalue weighted by Crippen LogP contribution is 2.26. The minimum Gasteiger partial charge on any atom is -0.480 e. The Bertz CT molecular complexity index is 532. The lowest BCUT2D eigenvalue weighted by Gasteiger charge is -2.17. The van der Waals surface area contributed by atoms with Crippen LogP contribution in [0.3, 0.4) is 0 Å². The maximum absolute atomic E-state index is 11.5. The van der Waals surface area contributed by atoms with Crippen molar-refractivity contribution in [2.75, 3.05) is 14.2 Å². The fourth-order valence-electron chi connectivity index (χ4n) is 1.54. The standard InChI is InChI=1S/C9H9BrClNO3.C6H12O2/c1-14-8-7(9(13)15-2)5(4-10)3-6(11)12-8;1-5(7)8-6(2,3)4/h3H,4H2,1-2H3;1-4H3. The van der Waals surface area contributed by atoms with Gasteiger partial charge in [-0.15, -0.1) is 0 Å². The summed E-state index contributed by atoms with van der Waals surface area (Å²) in [5.74, 6) is -0.549. The van der Waals surface area contributed by atoms with Crippen molar-refractivity contribution >= 4 is 39.5 Å². The highest BCUT2D eigenvalue weighted by molar-refractivity contribution is 9.08. The van der Waals surface area contributed by atoms with Gasteiger partial charge in [0.25, 0.3) is 0 Å². The number of hydrogen-bond donors (Lipinski definition) is 0. The first-order chi connectivity index (χ1) is 10.6. The fourth-order valence-corrected chi connectivity index (χ4v) is 2.19. The van der Waals surface area contributed by atoms with Crippen LogP contribution < -0.4 is 4.74 Å². The Morgan fingerprint density at radius 2 is 1.87 bits per heavy atom. The maximum Gasteiger partial charge on any atom is 0.343 e. The molecule has 0 amide bonds. The number of nitrogens with zero attached hydrogens (tertiary/aromatic N) is 1. The summed E-state index contributed by atoms with van der Waals surface area (Å²) in [5.41, 5.74) is 0.645. The quantitative estimate of drug-likeness (QED) is 0.429. The molecule has 130 valence electrons. The van der Waals surface area contributed by atoms with E-state index < -0.39 is 5.97 Å². The van der Waals surface area contributed by atoms with Gasteiger partial charge in [-0.05, 0) is 32.4 Å². The molecule has 1 rings (SSSR count). The number of carbonyl (C=O) groups excluding carboxylic acids is 2. The largest absolute Gasteiger partial charge is 0.480 e. The first-order valence-corrected chi connectivity index (χ1v) is 8.13. The van der Waals surface area contributed by atoms with Crippen LogP contribution in [0, 0.1) is 0 Å². The average Bonchev–Trinajstić information content (AvgIpc) is 2.43. The van der Waals surface area contributed by atoms with E-state index in [0.717, 1.165) is 0 Å². The van der Waals surface area contributed by atoms with Gasteiger partial charge in [0.15, 0.2) is 0 Å². The lowest BCUT2D eigenvalue weighted by Crippen LogP contribution is -2.21. The third-order valence-corrected chi connectivity index (χ3v) is 3.01. The van der Waals surface area contributed by atoms with Gasteiger partial charge in [0.05, 0.1) is 14.2 Å². The van der Waals surface area contributed by atoms with Crippen LogP contribution in [-0.2, 0) is 19.6 Å². The minimum atomic E-state index is -0.495. The smallest absolute Gasteiger partial charge is 0.343 e. The van der Waals surface area contributed by atoms with E-state index in [4.69, 9.17) is 21.1 Å². The molecule has 0 unspecified atom stereocenters. The molecule has 0 saturated heterocycles. The first-order valence-electron chi connectivity index (χ1n) is 6.63. The van der Waals surface area contributed by atoms with Crippen molar-refractivity contribution in [2.24, 2.45) is 0 Å². The topological polar surface area (TPSA) is 74.7 Å². The number of esters is 2. The van der Waals surface area contributed by atoms with E-state index in [1.807, 2.05) is 20.8 Å². The summed E-state index contributed by atoms with van der Waals surface area (Å²) in [6, 6.07) is 1.59. The molecule has 0 bridgehead atoms. The summed E-state index contributed by atoms with van der Waals surface area (Å²) >= 11 is 9.02. The molecule has 0 atom stereocenters. The molecule has 1 aromatic heterocycles. The molecule has 0 N–H and O–H groups in total. The SMILES string of the molecule is CC(=O)OC(C)(C)C.COC(=O)c1c(CBr)cc(Cl)nc1OC.